The van der Waals surface area contributed by atoms with Crippen molar-refractivity contribution in [1.82, 2.24) is 10.3 Å². The molecular weight excluding hydrogens is 438 g/mol. The van der Waals surface area contributed by atoms with Gasteiger partial charge in [-0.1, -0.05) is 11.6 Å². The van der Waals surface area contributed by atoms with Crippen LogP contribution in [0.15, 0.2) is 41.0 Å². The molecule has 1 atom stereocenters. The van der Waals surface area contributed by atoms with Crippen molar-refractivity contribution in [2.75, 3.05) is 7.05 Å². The Hall–Kier alpha value is -0.170. The Morgan fingerprint density at radius 3 is 2.79 bits per heavy atom. The van der Waals surface area contributed by atoms with Crippen molar-refractivity contribution in [3.05, 3.63) is 60.9 Å². The first-order valence-corrected chi connectivity index (χ1v) is 8.08. The van der Waals surface area contributed by atoms with Crippen molar-refractivity contribution < 1.29 is 0 Å². The van der Waals surface area contributed by atoms with Crippen molar-refractivity contribution in [1.29, 1.82) is 0 Å². The number of hydrogen-bond acceptors (Lipinski definition) is 2. The third kappa shape index (κ3) is 4.15. The Kier molecular flexibility index (Phi) is 5.62. The minimum absolute atomic E-state index is 0.208. The van der Waals surface area contributed by atoms with Crippen molar-refractivity contribution in [2.24, 2.45) is 0 Å². The van der Waals surface area contributed by atoms with E-state index in [-0.39, 0.29) is 6.04 Å². The molecule has 2 nitrogen and oxygen atoms in total. The van der Waals surface area contributed by atoms with Crippen LogP contribution >= 0.6 is 50.1 Å². The second-order valence-electron chi connectivity index (χ2n) is 4.18. The number of likely N-dealkylation sites (N-methyl/N-ethyl adjacent to an activating group) is 1. The normalized spacial score (nSPS) is 12.4. The second kappa shape index (κ2) is 7.02. The zero-order valence-corrected chi connectivity index (χ0v) is 14.8. The van der Waals surface area contributed by atoms with Gasteiger partial charge in [-0.25, -0.2) is 0 Å². The van der Waals surface area contributed by atoms with Gasteiger partial charge in [0, 0.05) is 37.4 Å². The molecule has 0 bridgehead atoms. The molecule has 0 saturated heterocycles. The van der Waals surface area contributed by atoms with E-state index in [4.69, 9.17) is 11.6 Å². The monoisotopic (exact) mass is 450 g/mol. The van der Waals surface area contributed by atoms with Gasteiger partial charge in [0.05, 0.1) is 0 Å². The molecule has 0 fully saturated rings. The Bertz CT molecular complexity index is 560. The van der Waals surface area contributed by atoms with E-state index in [1.165, 1.54) is 9.13 Å². The largest absolute Gasteiger partial charge is 0.313 e. The topological polar surface area (TPSA) is 24.9 Å². The second-order valence-corrected chi connectivity index (χ2v) is 6.69. The fourth-order valence-electron chi connectivity index (χ4n) is 1.89. The van der Waals surface area contributed by atoms with Crippen LogP contribution in [-0.4, -0.2) is 12.0 Å². The summed E-state index contributed by atoms with van der Waals surface area (Å²) >= 11 is 11.8. The van der Waals surface area contributed by atoms with Crippen molar-refractivity contribution in [3.63, 3.8) is 0 Å². The first-order valence-electron chi connectivity index (χ1n) is 5.83. The standard InChI is InChI=1S/C14H13BrClIN2/c1-18-14(7-11-4-2-9(15)8-19-11)12-6-10(16)3-5-13(12)17/h2-6,8,14,18H,7H2,1H3. The molecule has 0 radical (unpaired) electrons. The van der Waals surface area contributed by atoms with Crippen molar-refractivity contribution in [3.8, 4) is 0 Å². The van der Waals surface area contributed by atoms with Gasteiger partial charge in [-0.15, -0.1) is 0 Å². The molecule has 0 spiro atoms. The number of halogens is 3. The molecule has 5 heteroatoms. The summed E-state index contributed by atoms with van der Waals surface area (Å²) in [5, 5.41) is 4.10. The molecule has 1 aromatic heterocycles. The summed E-state index contributed by atoms with van der Waals surface area (Å²) in [4.78, 5) is 4.42. The van der Waals surface area contributed by atoms with Gasteiger partial charge in [0.2, 0.25) is 0 Å². The van der Waals surface area contributed by atoms with Crippen molar-refractivity contribution >= 4 is 50.1 Å². The molecule has 1 N–H and O–H groups in total. The summed E-state index contributed by atoms with van der Waals surface area (Å²) < 4.78 is 2.20. The summed E-state index contributed by atoms with van der Waals surface area (Å²) in [6.07, 6.45) is 2.66. The highest BCUT2D eigenvalue weighted by atomic mass is 127. The van der Waals surface area contributed by atoms with Gasteiger partial charge in [0.1, 0.15) is 0 Å². The molecule has 0 saturated carbocycles. The number of hydrogen-bond donors (Lipinski definition) is 1. The fourth-order valence-corrected chi connectivity index (χ4v) is 3.01. The highest BCUT2D eigenvalue weighted by Gasteiger charge is 2.14. The number of pyridine rings is 1. The van der Waals surface area contributed by atoms with E-state index < -0.39 is 0 Å². The van der Waals surface area contributed by atoms with E-state index in [1.54, 1.807) is 0 Å². The van der Waals surface area contributed by atoms with E-state index in [0.29, 0.717) is 0 Å². The molecule has 19 heavy (non-hydrogen) atoms. The molecule has 0 aliphatic rings. The van der Waals surface area contributed by atoms with Crippen LogP contribution in [0.4, 0.5) is 0 Å². The van der Waals surface area contributed by atoms with Crippen LogP contribution < -0.4 is 5.32 Å². The fraction of sp³-hybridized carbons (Fsp3) is 0.214. The first-order chi connectivity index (χ1) is 9.10. The van der Waals surface area contributed by atoms with Crippen molar-refractivity contribution in [2.45, 2.75) is 12.5 Å². The lowest BCUT2D eigenvalue weighted by Gasteiger charge is -2.18. The lowest BCUT2D eigenvalue weighted by atomic mass is 10.0. The van der Waals surface area contributed by atoms with Crippen LogP contribution in [0.1, 0.15) is 17.3 Å². The molecule has 1 heterocycles. The molecule has 0 aliphatic heterocycles. The Balaban J connectivity index is 2.24. The molecule has 1 unspecified atom stereocenters. The minimum atomic E-state index is 0.208. The molecular formula is C14H13BrClIN2. The van der Waals surface area contributed by atoms with Gasteiger partial charge >= 0.3 is 0 Å². The number of benzene rings is 1. The Morgan fingerprint density at radius 2 is 2.16 bits per heavy atom. The Morgan fingerprint density at radius 1 is 1.37 bits per heavy atom. The van der Waals surface area contributed by atoms with Crippen LogP contribution in [0.5, 0.6) is 0 Å². The highest BCUT2D eigenvalue weighted by Crippen LogP contribution is 2.26. The average Bonchev–Trinajstić information content (AvgIpc) is 2.41. The summed E-state index contributed by atoms with van der Waals surface area (Å²) in [6.45, 7) is 0. The summed E-state index contributed by atoms with van der Waals surface area (Å²) in [7, 11) is 1.96. The zero-order valence-electron chi connectivity index (χ0n) is 10.3. The number of rotatable bonds is 4. The van der Waals surface area contributed by atoms with Crippen LogP contribution in [0.2, 0.25) is 5.02 Å². The van der Waals surface area contributed by atoms with E-state index in [0.717, 1.165) is 21.6 Å². The number of nitrogens with one attached hydrogen (secondary N) is 1. The van der Waals surface area contributed by atoms with Gasteiger partial charge in [-0.3, -0.25) is 4.98 Å². The molecule has 100 valence electrons. The van der Waals surface area contributed by atoms with Gasteiger partial charge in [0.25, 0.3) is 0 Å². The maximum Gasteiger partial charge on any atom is 0.0423 e. The van der Waals surface area contributed by atoms with E-state index in [2.05, 4.69) is 48.8 Å². The first kappa shape index (κ1) is 15.2. The highest BCUT2D eigenvalue weighted by molar-refractivity contribution is 14.1. The van der Waals surface area contributed by atoms with Gasteiger partial charge < -0.3 is 5.32 Å². The summed E-state index contributed by atoms with van der Waals surface area (Å²) in [6, 6.07) is 10.2. The smallest absolute Gasteiger partial charge is 0.0423 e. The molecule has 0 aliphatic carbocycles. The van der Waals surface area contributed by atoms with E-state index in [9.17, 15) is 0 Å². The molecule has 1 aromatic carbocycles. The maximum atomic E-state index is 6.09. The maximum absolute atomic E-state index is 6.09. The predicted molar refractivity (Wildman–Crippen MR) is 91.6 cm³/mol. The number of nitrogens with zero attached hydrogens (tertiary/aromatic N) is 1. The molecule has 0 amide bonds. The van der Waals surface area contributed by atoms with Crippen LogP contribution in [0.3, 0.4) is 0 Å². The SMILES string of the molecule is CNC(Cc1ccc(Br)cn1)c1cc(Cl)ccc1I. The number of aromatic nitrogens is 1. The lowest BCUT2D eigenvalue weighted by Crippen LogP contribution is -2.20. The van der Waals surface area contributed by atoms with E-state index in [1.807, 2.05) is 43.6 Å². The van der Waals surface area contributed by atoms with E-state index >= 15 is 0 Å². The quantitative estimate of drug-likeness (QED) is 0.687. The Labute approximate surface area is 140 Å². The summed E-state index contributed by atoms with van der Waals surface area (Å²) in [5.74, 6) is 0. The van der Waals surface area contributed by atoms with Gasteiger partial charge in [-0.2, -0.15) is 0 Å². The summed E-state index contributed by atoms with van der Waals surface area (Å²) in [5.41, 5.74) is 2.26. The lowest BCUT2D eigenvalue weighted by molar-refractivity contribution is 0.582. The van der Waals surface area contributed by atoms with Crippen LogP contribution in [0.25, 0.3) is 0 Å². The minimum Gasteiger partial charge on any atom is -0.313 e. The van der Waals surface area contributed by atoms with Crippen LogP contribution in [-0.2, 0) is 6.42 Å². The third-order valence-electron chi connectivity index (χ3n) is 2.88. The zero-order chi connectivity index (χ0) is 13.8. The predicted octanol–water partition coefficient (Wildman–Crippen LogP) is 4.61. The van der Waals surface area contributed by atoms with Gasteiger partial charge in [-0.05, 0) is 81.5 Å². The van der Waals surface area contributed by atoms with Crippen LogP contribution in [0, 0.1) is 3.57 Å². The molecule has 2 aromatic rings. The average molecular weight is 452 g/mol. The van der Waals surface area contributed by atoms with Gasteiger partial charge in [0.15, 0.2) is 0 Å². The molecule has 2 rings (SSSR count). The third-order valence-corrected chi connectivity index (χ3v) is 4.57.